The van der Waals surface area contributed by atoms with Gasteiger partial charge in [-0.2, -0.15) is 0 Å². The topological polar surface area (TPSA) is 62.5 Å². The van der Waals surface area contributed by atoms with Crippen LogP contribution in [0.4, 0.5) is 9.52 Å². The maximum atomic E-state index is 13.2. The number of imidazole rings is 1. The molecule has 0 bridgehead atoms. The lowest BCUT2D eigenvalue weighted by molar-refractivity contribution is -0.125. The van der Waals surface area contributed by atoms with Gasteiger partial charge in [-0.25, -0.2) is 13.9 Å². The molecule has 5 rings (SSSR count). The summed E-state index contributed by atoms with van der Waals surface area (Å²) >= 11 is 1.51. The number of carbonyl (C=O) groups excluding carboxylic acids is 1. The van der Waals surface area contributed by atoms with Crippen molar-refractivity contribution in [1.82, 2.24) is 19.9 Å². The number of benzene rings is 2. The molecule has 0 saturated carbocycles. The molecule has 8 heteroatoms. The van der Waals surface area contributed by atoms with Crippen LogP contribution < -0.4 is 10.2 Å². The highest BCUT2D eigenvalue weighted by Gasteiger charge is 2.27. The van der Waals surface area contributed by atoms with Crippen molar-refractivity contribution < 1.29 is 9.18 Å². The van der Waals surface area contributed by atoms with Crippen LogP contribution in [0.15, 0.2) is 60.8 Å². The molecule has 6 nitrogen and oxygen atoms in total. The van der Waals surface area contributed by atoms with Crippen LogP contribution in [-0.4, -0.2) is 33.6 Å². The molecule has 1 atom stereocenters. The number of aromatic nitrogens is 3. The fraction of sp³-hybridized carbons (Fsp3) is 0.261. The number of hydrogen-bond donors (Lipinski definition) is 1. The summed E-state index contributed by atoms with van der Waals surface area (Å²) in [5.41, 5.74) is 2.72. The standard InChI is InChI=1S/C23H22FN5OS/c24-19-10-8-17(9-11-19)20-15-29-22(26-20)31-23(27-29)28-12-4-7-18(14-28)21(30)25-13-16-5-2-1-3-6-16/h1-3,5-6,8-11,15,18H,4,7,12-14H2,(H,25,30)/t18-/m1/s1. The Morgan fingerprint density at radius 1 is 1.16 bits per heavy atom. The van der Waals surface area contributed by atoms with E-state index in [0.29, 0.717) is 13.1 Å². The molecule has 0 spiro atoms. The Hall–Kier alpha value is -3.26. The number of rotatable bonds is 5. The van der Waals surface area contributed by atoms with E-state index >= 15 is 0 Å². The summed E-state index contributed by atoms with van der Waals surface area (Å²) in [6, 6.07) is 16.2. The molecule has 0 radical (unpaired) electrons. The van der Waals surface area contributed by atoms with Gasteiger partial charge in [-0.05, 0) is 42.7 Å². The normalized spacial score (nSPS) is 16.5. The Morgan fingerprint density at radius 2 is 1.97 bits per heavy atom. The molecule has 158 valence electrons. The van der Waals surface area contributed by atoms with Crippen LogP contribution in [-0.2, 0) is 11.3 Å². The lowest BCUT2D eigenvalue weighted by Gasteiger charge is -2.31. The average Bonchev–Trinajstić information content (AvgIpc) is 3.38. The fourth-order valence-corrected chi connectivity index (χ4v) is 4.79. The monoisotopic (exact) mass is 435 g/mol. The van der Waals surface area contributed by atoms with Gasteiger partial charge < -0.3 is 10.2 Å². The Balaban J connectivity index is 1.25. The SMILES string of the molecule is O=C(NCc1ccccc1)[C@@H]1CCCN(c2nn3cc(-c4ccc(F)cc4)nc3s2)C1. The summed E-state index contributed by atoms with van der Waals surface area (Å²) in [6.07, 6.45) is 3.69. The van der Waals surface area contributed by atoms with Crippen LogP contribution in [0.3, 0.4) is 0 Å². The molecule has 1 aliphatic heterocycles. The third-order valence-electron chi connectivity index (χ3n) is 5.54. The Bertz CT molecular complexity index is 1160. The molecule has 1 fully saturated rings. The maximum absolute atomic E-state index is 13.2. The quantitative estimate of drug-likeness (QED) is 0.512. The molecule has 1 aliphatic rings. The average molecular weight is 436 g/mol. The van der Waals surface area contributed by atoms with E-state index in [1.54, 1.807) is 16.6 Å². The lowest BCUT2D eigenvalue weighted by Crippen LogP contribution is -2.43. The second kappa shape index (κ2) is 8.47. The van der Waals surface area contributed by atoms with Crippen molar-refractivity contribution in [2.45, 2.75) is 19.4 Å². The van der Waals surface area contributed by atoms with Crippen molar-refractivity contribution in [2.75, 3.05) is 18.0 Å². The van der Waals surface area contributed by atoms with Gasteiger partial charge in [-0.1, -0.05) is 41.7 Å². The summed E-state index contributed by atoms with van der Waals surface area (Å²) in [4.78, 5) is 20.3. The Labute approximate surface area is 183 Å². The van der Waals surface area contributed by atoms with E-state index in [2.05, 4.69) is 20.3 Å². The first kappa shape index (κ1) is 19.7. The molecular weight excluding hydrogens is 413 g/mol. The van der Waals surface area contributed by atoms with E-state index in [0.717, 1.165) is 46.3 Å². The van der Waals surface area contributed by atoms with Crippen LogP contribution in [0.1, 0.15) is 18.4 Å². The molecule has 1 amide bonds. The fourth-order valence-electron chi connectivity index (χ4n) is 3.87. The zero-order valence-corrected chi connectivity index (χ0v) is 17.7. The van der Waals surface area contributed by atoms with E-state index < -0.39 is 0 Å². The second-order valence-corrected chi connectivity index (χ2v) is 8.67. The van der Waals surface area contributed by atoms with Crippen molar-refractivity contribution in [2.24, 2.45) is 5.92 Å². The van der Waals surface area contributed by atoms with Crippen LogP contribution in [0.25, 0.3) is 16.2 Å². The Morgan fingerprint density at radius 3 is 2.74 bits per heavy atom. The number of halogens is 1. The van der Waals surface area contributed by atoms with Crippen molar-refractivity contribution in [3.8, 4) is 11.3 Å². The molecule has 2 aromatic carbocycles. The lowest BCUT2D eigenvalue weighted by atomic mass is 9.97. The Kier molecular flexibility index (Phi) is 5.38. The number of fused-ring (bicyclic) bond motifs is 1. The predicted molar refractivity (Wildman–Crippen MR) is 119 cm³/mol. The number of nitrogens with zero attached hydrogens (tertiary/aromatic N) is 4. The van der Waals surface area contributed by atoms with E-state index in [9.17, 15) is 9.18 Å². The summed E-state index contributed by atoms with van der Waals surface area (Å²) in [5, 5.41) is 8.61. The number of amides is 1. The summed E-state index contributed by atoms with van der Waals surface area (Å²) in [5.74, 6) is -0.227. The van der Waals surface area contributed by atoms with E-state index in [4.69, 9.17) is 0 Å². The smallest absolute Gasteiger partial charge is 0.225 e. The third kappa shape index (κ3) is 4.29. The van der Waals surface area contributed by atoms with Gasteiger partial charge in [0.25, 0.3) is 0 Å². The van der Waals surface area contributed by atoms with Gasteiger partial charge in [-0.15, -0.1) is 5.10 Å². The maximum Gasteiger partial charge on any atom is 0.225 e. The second-order valence-electron chi connectivity index (χ2n) is 7.73. The molecule has 4 aromatic rings. The molecule has 3 heterocycles. The molecule has 1 saturated heterocycles. The summed E-state index contributed by atoms with van der Waals surface area (Å²) in [7, 11) is 0. The van der Waals surface area contributed by atoms with Crippen LogP contribution in [0.2, 0.25) is 0 Å². The molecule has 0 aliphatic carbocycles. The summed E-state index contributed by atoms with van der Waals surface area (Å²) in [6.45, 7) is 2.08. The van der Waals surface area contributed by atoms with Crippen molar-refractivity contribution in [1.29, 1.82) is 0 Å². The number of carbonyl (C=O) groups is 1. The molecule has 31 heavy (non-hydrogen) atoms. The molecular formula is C23H22FN5OS. The molecule has 2 aromatic heterocycles. The van der Waals surface area contributed by atoms with Crippen molar-refractivity contribution in [3.63, 3.8) is 0 Å². The third-order valence-corrected chi connectivity index (χ3v) is 6.53. The van der Waals surface area contributed by atoms with Crippen molar-refractivity contribution >= 4 is 27.3 Å². The van der Waals surface area contributed by atoms with Gasteiger partial charge >= 0.3 is 0 Å². The van der Waals surface area contributed by atoms with E-state index in [1.165, 1.54) is 23.5 Å². The highest BCUT2D eigenvalue weighted by Crippen LogP contribution is 2.30. The number of nitrogens with one attached hydrogen (secondary N) is 1. The highest BCUT2D eigenvalue weighted by atomic mass is 32.1. The van der Waals surface area contributed by atoms with Gasteiger partial charge in [0.05, 0.1) is 17.8 Å². The van der Waals surface area contributed by atoms with Crippen LogP contribution >= 0.6 is 11.3 Å². The first-order chi connectivity index (χ1) is 15.2. The molecule has 0 unspecified atom stereocenters. The predicted octanol–water partition coefficient (Wildman–Crippen LogP) is 4.13. The van der Waals surface area contributed by atoms with Crippen LogP contribution in [0.5, 0.6) is 0 Å². The van der Waals surface area contributed by atoms with E-state index in [-0.39, 0.29) is 17.6 Å². The van der Waals surface area contributed by atoms with E-state index in [1.807, 2.05) is 36.5 Å². The van der Waals surface area contributed by atoms with Gasteiger partial charge in [0, 0.05) is 25.2 Å². The first-order valence-electron chi connectivity index (χ1n) is 10.3. The highest BCUT2D eigenvalue weighted by molar-refractivity contribution is 7.20. The number of piperidine rings is 1. The largest absolute Gasteiger partial charge is 0.352 e. The zero-order valence-electron chi connectivity index (χ0n) is 16.9. The van der Waals surface area contributed by atoms with Crippen LogP contribution in [0, 0.1) is 11.7 Å². The number of hydrogen-bond acceptors (Lipinski definition) is 5. The minimum absolute atomic E-state index is 0.0524. The van der Waals surface area contributed by atoms with Gasteiger partial charge in [0.1, 0.15) is 5.82 Å². The number of anilines is 1. The zero-order chi connectivity index (χ0) is 21.2. The summed E-state index contributed by atoms with van der Waals surface area (Å²) < 4.78 is 14.9. The minimum Gasteiger partial charge on any atom is -0.352 e. The first-order valence-corrected chi connectivity index (χ1v) is 11.2. The van der Waals surface area contributed by atoms with Gasteiger partial charge in [0.2, 0.25) is 16.0 Å². The molecule has 1 N–H and O–H groups in total. The van der Waals surface area contributed by atoms with Crippen molar-refractivity contribution in [3.05, 3.63) is 72.2 Å². The van der Waals surface area contributed by atoms with Gasteiger partial charge in [0.15, 0.2) is 0 Å². The minimum atomic E-state index is -0.266. The van der Waals surface area contributed by atoms with Gasteiger partial charge in [-0.3, -0.25) is 4.79 Å².